The Balaban J connectivity index is 1.68. The van der Waals surface area contributed by atoms with Gasteiger partial charge in [0.05, 0.1) is 11.6 Å². The van der Waals surface area contributed by atoms with E-state index >= 15 is 0 Å². The van der Waals surface area contributed by atoms with Gasteiger partial charge in [-0.05, 0) is 20.4 Å². The first-order chi connectivity index (χ1) is 11.1. The molecule has 1 atom stereocenters. The molecule has 0 amide bonds. The summed E-state index contributed by atoms with van der Waals surface area (Å²) in [4.78, 5) is 18.8. The minimum atomic E-state index is 0.0905. The molecule has 7 heteroatoms. The van der Waals surface area contributed by atoms with Crippen LogP contribution in [0.25, 0.3) is 11.7 Å². The average Bonchev–Trinajstić information content (AvgIpc) is 3.13. The number of rotatable bonds is 2. The molecule has 7 nitrogen and oxygen atoms in total. The van der Waals surface area contributed by atoms with Crippen molar-refractivity contribution in [2.75, 3.05) is 26.7 Å². The zero-order valence-electron chi connectivity index (χ0n) is 13.4. The summed E-state index contributed by atoms with van der Waals surface area (Å²) in [6.45, 7) is 4.58. The van der Waals surface area contributed by atoms with E-state index in [-0.39, 0.29) is 11.8 Å². The molecular weight excluding hydrogens is 296 g/mol. The van der Waals surface area contributed by atoms with Gasteiger partial charge in [-0.15, -0.1) is 0 Å². The maximum absolute atomic E-state index is 12.1. The summed E-state index contributed by atoms with van der Waals surface area (Å²) in [7, 11) is 2.05. The van der Waals surface area contributed by atoms with Crippen LogP contribution in [0.1, 0.15) is 46.4 Å². The number of furan rings is 1. The van der Waals surface area contributed by atoms with Crippen LogP contribution in [0.4, 0.5) is 0 Å². The second-order valence-electron chi connectivity index (χ2n) is 6.29. The van der Waals surface area contributed by atoms with Crippen LogP contribution in [0.3, 0.4) is 0 Å². The number of fused-ring (bicyclic) bond motifs is 1. The van der Waals surface area contributed by atoms with Gasteiger partial charge in [0.25, 0.3) is 5.89 Å². The molecule has 1 unspecified atom stereocenters. The lowest BCUT2D eigenvalue weighted by Gasteiger charge is -2.30. The van der Waals surface area contributed by atoms with Crippen molar-refractivity contribution in [1.82, 2.24) is 20.4 Å². The Morgan fingerprint density at radius 2 is 2.22 bits per heavy atom. The topological polar surface area (TPSA) is 84.4 Å². The van der Waals surface area contributed by atoms with Gasteiger partial charge in [-0.1, -0.05) is 5.16 Å². The number of hydrogen-bond acceptors (Lipinski definition) is 7. The van der Waals surface area contributed by atoms with E-state index in [1.807, 2.05) is 6.92 Å². The zero-order valence-corrected chi connectivity index (χ0v) is 13.4. The smallest absolute Gasteiger partial charge is 0.293 e. The van der Waals surface area contributed by atoms with Gasteiger partial charge in [0, 0.05) is 38.0 Å². The molecule has 1 aliphatic heterocycles. The summed E-state index contributed by atoms with van der Waals surface area (Å²) >= 11 is 0. The first-order valence-electron chi connectivity index (χ1n) is 8.05. The molecule has 23 heavy (non-hydrogen) atoms. The van der Waals surface area contributed by atoms with Crippen molar-refractivity contribution in [1.29, 1.82) is 0 Å². The molecule has 122 valence electrons. The molecule has 0 saturated carbocycles. The molecule has 1 N–H and O–H groups in total. The highest BCUT2D eigenvalue weighted by atomic mass is 16.5. The van der Waals surface area contributed by atoms with E-state index in [1.165, 1.54) is 0 Å². The predicted octanol–water partition coefficient (Wildman–Crippen LogP) is 1.73. The Hall–Kier alpha value is -1.99. The molecule has 3 heterocycles. The fourth-order valence-electron chi connectivity index (χ4n) is 3.41. The Morgan fingerprint density at radius 1 is 1.35 bits per heavy atom. The van der Waals surface area contributed by atoms with E-state index in [4.69, 9.17) is 8.94 Å². The van der Waals surface area contributed by atoms with Crippen molar-refractivity contribution >= 4 is 5.78 Å². The van der Waals surface area contributed by atoms with Crippen molar-refractivity contribution in [3.63, 3.8) is 0 Å². The van der Waals surface area contributed by atoms with E-state index in [0.29, 0.717) is 29.5 Å². The lowest BCUT2D eigenvalue weighted by atomic mass is 9.94. The van der Waals surface area contributed by atoms with Crippen LogP contribution in [0.5, 0.6) is 0 Å². The van der Waals surface area contributed by atoms with Crippen molar-refractivity contribution < 1.29 is 13.7 Å². The van der Waals surface area contributed by atoms with Crippen molar-refractivity contribution in [3.05, 3.63) is 22.7 Å². The quantitative estimate of drug-likeness (QED) is 0.903. The minimum Gasteiger partial charge on any atom is -0.455 e. The van der Waals surface area contributed by atoms with E-state index < -0.39 is 0 Å². The third-order valence-electron chi connectivity index (χ3n) is 4.75. The van der Waals surface area contributed by atoms with Crippen molar-refractivity contribution in [3.8, 4) is 11.7 Å². The van der Waals surface area contributed by atoms with E-state index in [1.54, 1.807) is 0 Å². The van der Waals surface area contributed by atoms with Crippen LogP contribution in [0, 0.1) is 6.92 Å². The summed E-state index contributed by atoms with van der Waals surface area (Å²) in [5, 5.41) is 7.46. The monoisotopic (exact) mass is 316 g/mol. The number of hydrogen-bond donors (Lipinski definition) is 1. The lowest BCUT2D eigenvalue weighted by molar-refractivity contribution is 0.0969. The number of aryl methyl sites for hydroxylation is 1. The molecule has 1 fully saturated rings. The number of likely N-dealkylation sites (N-methyl/N-ethyl adjacent to an activating group) is 1. The Kier molecular flexibility index (Phi) is 3.54. The van der Waals surface area contributed by atoms with Gasteiger partial charge in [0.1, 0.15) is 5.76 Å². The third-order valence-corrected chi connectivity index (χ3v) is 4.75. The first-order valence-corrected chi connectivity index (χ1v) is 8.05. The standard InChI is InChI=1S/C16H20N4O3/c1-9-13-11(21)4-3-5-12(13)22-14(9)16-18-15(19-23-16)10-8-17-6-7-20(10)2/h10,17H,3-8H2,1-2H3. The average molecular weight is 316 g/mol. The number of nitrogens with one attached hydrogen (secondary N) is 1. The second-order valence-corrected chi connectivity index (χ2v) is 6.29. The molecule has 0 bridgehead atoms. The Morgan fingerprint density at radius 3 is 3.00 bits per heavy atom. The number of piperazine rings is 1. The van der Waals surface area contributed by atoms with E-state index in [0.717, 1.165) is 43.8 Å². The SMILES string of the molecule is Cc1c(-c2nc(C3CNCCN3C)no2)oc2c1C(=O)CCC2. The summed E-state index contributed by atoms with van der Waals surface area (Å²) in [6, 6.07) is 0.0905. The molecule has 2 aromatic rings. The number of ketones is 1. The highest BCUT2D eigenvalue weighted by Gasteiger charge is 2.30. The van der Waals surface area contributed by atoms with Crippen LogP contribution in [-0.2, 0) is 6.42 Å². The van der Waals surface area contributed by atoms with Gasteiger partial charge in [0.2, 0.25) is 0 Å². The number of carbonyl (C=O) groups excluding carboxylic acids is 1. The summed E-state index contributed by atoms with van der Waals surface area (Å²) in [6.07, 6.45) is 2.21. The molecule has 0 spiro atoms. The number of aromatic nitrogens is 2. The van der Waals surface area contributed by atoms with Crippen LogP contribution in [-0.4, -0.2) is 47.5 Å². The predicted molar refractivity (Wildman–Crippen MR) is 82.2 cm³/mol. The second kappa shape index (κ2) is 5.58. The van der Waals surface area contributed by atoms with Crippen molar-refractivity contribution in [2.24, 2.45) is 0 Å². The molecule has 1 saturated heterocycles. The lowest BCUT2D eigenvalue weighted by Crippen LogP contribution is -2.44. The minimum absolute atomic E-state index is 0.0905. The summed E-state index contributed by atoms with van der Waals surface area (Å²) in [5.74, 6) is 2.45. The van der Waals surface area contributed by atoms with Crippen LogP contribution >= 0.6 is 0 Å². The molecule has 2 aliphatic rings. The Labute approximate surface area is 134 Å². The van der Waals surface area contributed by atoms with Gasteiger partial charge in [0.15, 0.2) is 17.4 Å². The van der Waals surface area contributed by atoms with Crippen molar-refractivity contribution in [2.45, 2.75) is 32.2 Å². The highest BCUT2D eigenvalue weighted by Crippen LogP contribution is 2.35. The number of Topliss-reactive ketones (excluding diaryl/α,β-unsaturated/α-hetero) is 1. The highest BCUT2D eigenvalue weighted by molar-refractivity contribution is 6.00. The Bertz CT molecular complexity index is 749. The summed E-state index contributed by atoms with van der Waals surface area (Å²) in [5.41, 5.74) is 1.53. The van der Waals surface area contributed by atoms with Gasteiger partial charge in [-0.3, -0.25) is 9.69 Å². The van der Waals surface area contributed by atoms with E-state index in [9.17, 15) is 4.79 Å². The summed E-state index contributed by atoms with van der Waals surface area (Å²) < 4.78 is 11.3. The van der Waals surface area contributed by atoms with Gasteiger partial charge in [-0.2, -0.15) is 4.98 Å². The van der Waals surface area contributed by atoms with E-state index in [2.05, 4.69) is 27.4 Å². The van der Waals surface area contributed by atoms with Crippen LogP contribution in [0.15, 0.2) is 8.94 Å². The zero-order chi connectivity index (χ0) is 16.0. The largest absolute Gasteiger partial charge is 0.455 e. The van der Waals surface area contributed by atoms with Crippen LogP contribution < -0.4 is 5.32 Å². The van der Waals surface area contributed by atoms with Gasteiger partial charge >= 0.3 is 0 Å². The molecule has 4 rings (SSSR count). The normalized spacial score (nSPS) is 22.3. The fourth-order valence-corrected chi connectivity index (χ4v) is 3.41. The molecule has 0 radical (unpaired) electrons. The maximum Gasteiger partial charge on any atom is 0.293 e. The fraction of sp³-hybridized carbons (Fsp3) is 0.562. The van der Waals surface area contributed by atoms with Gasteiger partial charge in [-0.25, -0.2) is 0 Å². The number of nitrogens with zero attached hydrogens (tertiary/aromatic N) is 3. The molecule has 2 aromatic heterocycles. The molecular formula is C16H20N4O3. The van der Waals surface area contributed by atoms with Crippen LogP contribution in [0.2, 0.25) is 0 Å². The molecule has 1 aliphatic carbocycles. The molecule has 0 aromatic carbocycles. The number of carbonyl (C=O) groups is 1. The maximum atomic E-state index is 12.1. The van der Waals surface area contributed by atoms with Gasteiger partial charge < -0.3 is 14.3 Å². The first kappa shape index (κ1) is 14.6. The third kappa shape index (κ3) is 2.40.